The van der Waals surface area contributed by atoms with Gasteiger partial charge in [-0.15, -0.1) is 11.3 Å². The van der Waals surface area contributed by atoms with Gasteiger partial charge in [0.05, 0.1) is 19.9 Å². The molecule has 0 aliphatic rings. The largest absolute Gasteiger partial charge is 0.493 e. The Hall–Kier alpha value is -2.24. The van der Waals surface area contributed by atoms with Crippen molar-refractivity contribution in [2.75, 3.05) is 19.5 Å². The molecule has 0 aliphatic heterocycles. The van der Waals surface area contributed by atoms with Crippen LogP contribution in [-0.2, 0) is 18.4 Å². The molecule has 0 amide bonds. The molecule has 1 aromatic heterocycles. The van der Waals surface area contributed by atoms with Crippen LogP contribution in [0.25, 0.3) is 0 Å². The SMILES string of the molecule is COc1ccc(CNc2nc(C(C)(C)C)c(Cc3ccc(Cl)cc3)s2)cc1OC. The maximum atomic E-state index is 6.03. The predicted octanol–water partition coefficient (Wildman–Crippen LogP) is 6.31. The topological polar surface area (TPSA) is 43.4 Å². The third-order valence-electron chi connectivity index (χ3n) is 4.58. The smallest absolute Gasteiger partial charge is 0.183 e. The summed E-state index contributed by atoms with van der Waals surface area (Å²) in [4.78, 5) is 6.18. The second kappa shape index (κ2) is 9.06. The Labute approximate surface area is 181 Å². The van der Waals surface area contributed by atoms with Crippen molar-refractivity contribution in [1.29, 1.82) is 0 Å². The fourth-order valence-electron chi connectivity index (χ4n) is 3.09. The second-order valence-corrected chi connectivity index (χ2v) is 9.41. The van der Waals surface area contributed by atoms with Crippen LogP contribution < -0.4 is 14.8 Å². The monoisotopic (exact) mass is 430 g/mol. The summed E-state index contributed by atoms with van der Waals surface area (Å²) in [5, 5.41) is 5.15. The zero-order chi connectivity index (χ0) is 21.0. The molecule has 1 heterocycles. The van der Waals surface area contributed by atoms with E-state index in [2.05, 4.69) is 38.2 Å². The van der Waals surface area contributed by atoms with Crippen LogP contribution in [0.3, 0.4) is 0 Å². The van der Waals surface area contributed by atoms with Crippen molar-refractivity contribution in [2.45, 2.75) is 39.2 Å². The van der Waals surface area contributed by atoms with Crippen LogP contribution in [0.2, 0.25) is 5.02 Å². The molecule has 0 atom stereocenters. The van der Waals surface area contributed by atoms with Crippen LogP contribution >= 0.6 is 22.9 Å². The Bertz CT molecular complexity index is 962. The fraction of sp³-hybridized carbons (Fsp3) is 0.348. The van der Waals surface area contributed by atoms with Gasteiger partial charge in [-0.25, -0.2) is 4.98 Å². The molecule has 6 heteroatoms. The zero-order valence-electron chi connectivity index (χ0n) is 17.5. The van der Waals surface area contributed by atoms with Crippen LogP contribution in [0.1, 0.15) is 42.5 Å². The highest BCUT2D eigenvalue weighted by atomic mass is 35.5. The van der Waals surface area contributed by atoms with Crippen LogP contribution in [0.5, 0.6) is 11.5 Å². The predicted molar refractivity (Wildman–Crippen MR) is 122 cm³/mol. The van der Waals surface area contributed by atoms with E-state index in [1.807, 2.05) is 30.3 Å². The summed E-state index contributed by atoms with van der Waals surface area (Å²) in [5.74, 6) is 1.45. The fourth-order valence-corrected chi connectivity index (χ4v) is 4.42. The highest BCUT2D eigenvalue weighted by Crippen LogP contribution is 2.34. The van der Waals surface area contributed by atoms with Crippen LogP contribution in [0.4, 0.5) is 5.13 Å². The molecule has 0 aliphatic carbocycles. The van der Waals surface area contributed by atoms with Gasteiger partial charge in [0.2, 0.25) is 0 Å². The summed E-state index contributed by atoms with van der Waals surface area (Å²) in [6.45, 7) is 7.26. The summed E-state index contributed by atoms with van der Waals surface area (Å²) in [7, 11) is 3.29. The highest BCUT2D eigenvalue weighted by molar-refractivity contribution is 7.15. The van der Waals surface area contributed by atoms with Crippen molar-refractivity contribution in [3.63, 3.8) is 0 Å². The standard InChI is InChI=1S/C23H27ClN2O2S/c1-23(2,3)21-20(13-15-6-9-17(24)10-7-15)29-22(26-21)25-14-16-8-11-18(27-4)19(12-16)28-5/h6-12H,13-14H2,1-5H3,(H,25,26). The van der Waals surface area contributed by atoms with Gasteiger partial charge in [0, 0.05) is 28.3 Å². The Morgan fingerprint density at radius 3 is 2.24 bits per heavy atom. The third-order valence-corrected chi connectivity index (χ3v) is 5.84. The molecule has 0 spiro atoms. The van der Waals surface area contributed by atoms with E-state index in [1.54, 1.807) is 25.6 Å². The molecular weight excluding hydrogens is 404 g/mol. The molecule has 154 valence electrons. The molecule has 3 aromatic rings. The van der Waals surface area contributed by atoms with Crippen molar-refractivity contribution in [2.24, 2.45) is 0 Å². The number of anilines is 1. The Morgan fingerprint density at radius 2 is 1.62 bits per heavy atom. The zero-order valence-corrected chi connectivity index (χ0v) is 19.1. The van der Waals surface area contributed by atoms with Gasteiger partial charge in [0.1, 0.15) is 0 Å². The molecule has 0 saturated carbocycles. The Balaban J connectivity index is 1.79. The molecular formula is C23H27ClN2O2S. The summed E-state index contributed by atoms with van der Waals surface area (Å²) < 4.78 is 10.7. The highest BCUT2D eigenvalue weighted by Gasteiger charge is 2.23. The van der Waals surface area contributed by atoms with Crippen molar-refractivity contribution in [1.82, 2.24) is 4.98 Å². The number of rotatable bonds is 7. The minimum absolute atomic E-state index is 0.0263. The van der Waals surface area contributed by atoms with Gasteiger partial charge in [0.15, 0.2) is 16.6 Å². The van der Waals surface area contributed by atoms with Crippen molar-refractivity contribution < 1.29 is 9.47 Å². The van der Waals surface area contributed by atoms with Crippen LogP contribution in [-0.4, -0.2) is 19.2 Å². The minimum atomic E-state index is -0.0263. The van der Waals surface area contributed by atoms with Crippen LogP contribution in [0, 0.1) is 0 Å². The summed E-state index contributed by atoms with van der Waals surface area (Å²) in [6, 6.07) is 14.0. The van der Waals surface area contributed by atoms with Crippen molar-refractivity contribution in [3.8, 4) is 11.5 Å². The maximum Gasteiger partial charge on any atom is 0.183 e. The van der Waals surface area contributed by atoms with Gasteiger partial charge in [0.25, 0.3) is 0 Å². The number of nitrogens with zero attached hydrogens (tertiary/aromatic N) is 1. The Morgan fingerprint density at radius 1 is 0.966 bits per heavy atom. The number of hydrogen-bond donors (Lipinski definition) is 1. The summed E-state index contributed by atoms with van der Waals surface area (Å²) in [6.07, 6.45) is 0.847. The number of halogens is 1. The lowest BCUT2D eigenvalue weighted by Gasteiger charge is -2.17. The van der Waals surface area contributed by atoms with Crippen molar-refractivity contribution in [3.05, 3.63) is 69.2 Å². The van der Waals surface area contributed by atoms with E-state index in [1.165, 1.54) is 10.4 Å². The molecule has 4 nitrogen and oxygen atoms in total. The Kier molecular flexibility index (Phi) is 6.70. The summed E-state index contributed by atoms with van der Waals surface area (Å²) in [5.41, 5.74) is 3.44. The first-order valence-corrected chi connectivity index (χ1v) is 10.7. The number of nitrogens with one attached hydrogen (secondary N) is 1. The van der Waals surface area contributed by atoms with E-state index in [9.17, 15) is 0 Å². The number of thiazole rings is 1. The number of methoxy groups -OCH3 is 2. The number of hydrogen-bond acceptors (Lipinski definition) is 5. The number of ether oxygens (including phenoxy) is 2. The second-order valence-electron chi connectivity index (χ2n) is 7.89. The van der Waals surface area contributed by atoms with E-state index < -0.39 is 0 Å². The van der Waals surface area contributed by atoms with E-state index in [0.29, 0.717) is 6.54 Å². The number of benzene rings is 2. The van der Waals surface area contributed by atoms with E-state index in [4.69, 9.17) is 26.1 Å². The van der Waals surface area contributed by atoms with Gasteiger partial charge in [-0.05, 0) is 35.4 Å². The van der Waals surface area contributed by atoms with Gasteiger partial charge < -0.3 is 14.8 Å². The first-order chi connectivity index (χ1) is 13.8. The third kappa shape index (κ3) is 5.43. The quantitative estimate of drug-likeness (QED) is 0.476. The van der Waals surface area contributed by atoms with E-state index in [-0.39, 0.29) is 5.41 Å². The molecule has 2 aromatic carbocycles. The summed E-state index contributed by atoms with van der Waals surface area (Å²) >= 11 is 7.74. The normalized spacial score (nSPS) is 11.4. The molecule has 29 heavy (non-hydrogen) atoms. The van der Waals surface area contributed by atoms with E-state index >= 15 is 0 Å². The molecule has 0 bridgehead atoms. The molecule has 0 unspecified atom stereocenters. The van der Waals surface area contributed by atoms with Gasteiger partial charge in [-0.2, -0.15) is 0 Å². The average molecular weight is 431 g/mol. The van der Waals surface area contributed by atoms with Crippen LogP contribution in [0.15, 0.2) is 42.5 Å². The first kappa shape index (κ1) is 21.5. The van der Waals surface area contributed by atoms with Crippen molar-refractivity contribution >= 4 is 28.1 Å². The molecule has 0 fully saturated rings. The lowest BCUT2D eigenvalue weighted by molar-refractivity contribution is 0.354. The molecule has 0 saturated heterocycles. The molecule has 0 radical (unpaired) electrons. The van der Waals surface area contributed by atoms with Gasteiger partial charge in [-0.1, -0.05) is 50.6 Å². The first-order valence-electron chi connectivity index (χ1n) is 9.49. The molecule has 1 N–H and O–H groups in total. The molecule has 3 rings (SSSR count). The average Bonchev–Trinajstić information content (AvgIpc) is 3.11. The maximum absolute atomic E-state index is 6.03. The van der Waals surface area contributed by atoms with E-state index in [0.717, 1.165) is 39.3 Å². The van der Waals surface area contributed by atoms with Gasteiger partial charge in [-0.3, -0.25) is 0 Å². The van der Waals surface area contributed by atoms with Gasteiger partial charge >= 0.3 is 0 Å². The number of aromatic nitrogens is 1. The minimum Gasteiger partial charge on any atom is -0.493 e. The lowest BCUT2D eigenvalue weighted by atomic mass is 9.90. The lowest BCUT2D eigenvalue weighted by Crippen LogP contribution is -2.14.